The van der Waals surface area contributed by atoms with Crippen molar-refractivity contribution in [3.8, 4) is 5.75 Å². The maximum absolute atomic E-state index is 12.8. The third-order valence-electron chi connectivity index (χ3n) is 2.41. The second kappa shape index (κ2) is 4.96. The normalized spacial score (nSPS) is 14.6. The topological polar surface area (TPSA) is 38.3 Å². The Labute approximate surface area is 93.6 Å². The molecule has 0 heterocycles. The summed E-state index contributed by atoms with van der Waals surface area (Å²) >= 11 is 0. The molecule has 0 aliphatic heterocycles. The molecule has 0 spiro atoms. The van der Waals surface area contributed by atoms with E-state index in [9.17, 15) is 9.18 Å². The number of hydrogen-bond donors (Lipinski definition) is 1. The van der Waals surface area contributed by atoms with Crippen molar-refractivity contribution in [3.63, 3.8) is 0 Å². The lowest BCUT2D eigenvalue weighted by molar-refractivity contribution is -0.122. The first-order chi connectivity index (χ1) is 7.75. The number of carbonyl (C=O) groups excluding carboxylic acids is 1. The standard InChI is InChI=1S/C12H14FNO2/c13-10-2-1-3-11(8-10)16-7-6-14-12(15)9-4-5-9/h1-3,8-9H,4-7H2,(H,14,15). The van der Waals surface area contributed by atoms with Gasteiger partial charge in [0.15, 0.2) is 0 Å². The van der Waals surface area contributed by atoms with Gasteiger partial charge >= 0.3 is 0 Å². The van der Waals surface area contributed by atoms with Crippen LogP contribution in [0.4, 0.5) is 4.39 Å². The van der Waals surface area contributed by atoms with Gasteiger partial charge in [0, 0.05) is 12.0 Å². The summed E-state index contributed by atoms with van der Waals surface area (Å²) < 4.78 is 18.1. The van der Waals surface area contributed by atoms with Crippen molar-refractivity contribution in [2.75, 3.05) is 13.2 Å². The van der Waals surface area contributed by atoms with Gasteiger partial charge in [0.1, 0.15) is 18.2 Å². The van der Waals surface area contributed by atoms with Gasteiger partial charge in [-0.05, 0) is 25.0 Å². The molecule has 86 valence electrons. The molecule has 1 saturated carbocycles. The summed E-state index contributed by atoms with van der Waals surface area (Å²) in [5.41, 5.74) is 0. The zero-order valence-corrected chi connectivity index (χ0v) is 8.91. The first-order valence-electron chi connectivity index (χ1n) is 5.42. The Morgan fingerprint density at radius 3 is 3.00 bits per heavy atom. The molecule has 3 nitrogen and oxygen atoms in total. The average molecular weight is 223 g/mol. The van der Waals surface area contributed by atoms with Crippen LogP contribution in [0.1, 0.15) is 12.8 Å². The van der Waals surface area contributed by atoms with Crippen LogP contribution < -0.4 is 10.1 Å². The molecule has 0 unspecified atom stereocenters. The predicted octanol–water partition coefficient (Wildman–Crippen LogP) is 1.73. The van der Waals surface area contributed by atoms with E-state index >= 15 is 0 Å². The maximum Gasteiger partial charge on any atom is 0.223 e. The van der Waals surface area contributed by atoms with Crippen LogP contribution in [0.3, 0.4) is 0 Å². The van der Waals surface area contributed by atoms with Crippen LogP contribution in [0, 0.1) is 11.7 Å². The molecule has 4 heteroatoms. The Balaban J connectivity index is 1.65. The zero-order valence-electron chi connectivity index (χ0n) is 8.91. The van der Waals surface area contributed by atoms with Crippen LogP contribution in [-0.4, -0.2) is 19.1 Å². The SMILES string of the molecule is O=C(NCCOc1cccc(F)c1)C1CC1. The Bertz CT molecular complexity index is 377. The summed E-state index contributed by atoms with van der Waals surface area (Å²) in [6.07, 6.45) is 1.99. The van der Waals surface area contributed by atoms with Gasteiger partial charge in [0.05, 0.1) is 6.54 Å². The highest BCUT2D eigenvalue weighted by molar-refractivity contribution is 5.80. The Morgan fingerprint density at radius 2 is 2.31 bits per heavy atom. The molecule has 0 saturated heterocycles. The summed E-state index contributed by atoms with van der Waals surface area (Å²) in [5.74, 6) is 0.484. The summed E-state index contributed by atoms with van der Waals surface area (Å²) in [7, 11) is 0. The number of rotatable bonds is 5. The molecule has 1 N–H and O–H groups in total. The third-order valence-corrected chi connectivity index (χ3v) is 2.41. The average Bonchev–Trinajstić information content (AvgIpc) is 3.08. The van der Waals surface area contributed by atoms with E-state index in [1.807, 2.05) is 0 Å². The van der Waals surface area contributed by atoms with Crippen molar-refractivity contribution in [2.24, 2.45) is 5.92 Å². The van der Waals surface area contributed by atoms with Gasteiger partial charge in [-0.15, -0.1) is 0 Å². The molecule has 1 aromatic rings. The molecule has 16 heavy (non-hydrogen) atoms. The molecule has 1 fully saturated rings. The van der Waals surface area contributed by atoms with Gasteiger partial charge in [-0.25, -0.2) is 4.39 Å². The number of benzene rings is 1. The van der Waals surface area contributed by atoms with Crippen molar-refractivity contribution in [3.05, 3.63) is 30.1 Å². The minimum absolute atomic E-state index is 0.0999. The van der Waals surface area contributed by atoms with Gasteiger partial charge < -0.3 is 10.1 Å². The summed E-state index contributed by atoms with van der Waals surface area (Å²) in [5, 5.41) is 2.77. The number of nitrogens with one attached hydrogen (secondary N) is 1. The van der Waals surface area contributed by atoms with E-state index in [-0.39, 0.29) is 17.6 Å². The number of halogens is 1. The first-order valence-corrected chi connectivity index (χ1v) is 5.42. The lowest BCUT2D eigenvalue weighted by Gasteiger charge is -2.07. The zero-order chi connectivity index (χ0) is 11.4. The highest BCUT2D eigenvalue weighted by atomic mass is 19.1. The van der Waals surface area contributed by atoms with Gasteiger partial charge in [0.25, 0.3) is 0 Å². The van der Waals surface area contributed by atoms with Crippen molar-refractivity contribution >= 4 is 5.91 Å². The molecular weight excluding hydrogens is 209 g/mol. The summed E-state index contributed by atoms with van der Waals surface area (Å²) in [6, 6.07) is 5.96. The van der Waals surface area contributed by atoms with E-state index in [0.29, 0.717) is 18.9 Å². The van der Waals surface area contributed by atoms with Gasteiger partial charge in [-0.3, -0.25) is 4.79 Å². The number of ether oxygens (including phenoxy) is 1. The lowest BCUT2D eigenvalue weighted by atomic mass is 10.3. The van der Waals surface area contributed by atoms with E-state index in [2.05, 4.69) is 5.32 Å². The predicted molar refractivity (Wildman–Crippen MR) is 57.6 cm³/mol. The van der Waals surface area contributed by atoms with E-state index in [0.717, 1.165) is 12.8 Å². The minimum Gasteiger partial charge on any atom is -0.492 e. The molecule has 1 aliphatic carbocycles. The lowest BCUT2D eigenvalue weighted by Crippen LogP contribution is -2.29. The van der Waals surface area contributed by atoms with E-state index in [1.54, 1.807) is 12.1 Å². The summed E-state index contributed by atoms with van der Waals surface area (Å²) in [6.45, 7) is 0.827. The molecule has 0 bridgehead atoms. The van der Waals surface area contributed by atoms with Crippen molar-refractivity contribution < 1.29 is 13.9 Å². The van der Waals surface area contributed by atoms with Gasteiger partial charge in [-0.2, -0.15) is 0 Å². The van der Waals surface area contributed by atoms with Crippen molar-refractivity contribution in [2.45, 2.75) is 12.8 Å². The fraction of sp³-hybridized carbons (Fsp3) is 0.417. The van der Waals surface area contributed by atoms with E-state index in [1.165, 1.54) is 12.1 Å². The van der Waals surface area contributed by atoms with Crippen LogP contribution in [0.2, 0.25) is 0 Å². The monoisotopic (exact) mass is 223 g/mol. The van der Waals surface area contributed by atoms with Crippen molar-refractivity contribution in [1.82, 2.24) is 5.32 Å². The van der Waals surface area contributed by atoms with Crippen LogP contribution >= 0.6 is 0 Å². The number of hydrogen-bond acceptors (Lipinski definition) is 2. The fourth-order valence-electron chi connectivity index (χ4n) is 1.39. The fourth-order valence-corrected chi connectivity index (χ4v) is 1.39. The molecule has 1 aromatic carbocycles. The Hall–Kier alpha value is -1.58. The molecule has 0 atom stereocenters. The quantitative estimate of drug-likeness (QED) is 0.772. The third kappa shape index (κ3) is 3.22. The molecule has 0 aromatic heterocycles. The molecular formula is C12H14FNO2. The van der Waals surface area contributed by atoms with E-state index in [4.69, 9.17) is 4.74 Å². The molecule has 1 aliphatic rings. The second-order valence-corrected chi connectivity index (χ2v) is 3.87. The highest BCUT2D eigenvalue weighted by Crippen LogP contribution is 2.28. The maximum atomic E-state index is 12.8. The smallest absolute Gasteiger partial charge is 0.223 e. The molecule has 2 rings (SSSR count). The molecule has 0 radical (unpaired) electrons. The second-order valence-electron chi connectivity index (χ2n) is 3.87. The van der Waals surface area contributed by atoms with Crippen molar-refractivity contribution in [1.29, 1.82) is 0 Å². The van der Waals surface area contributed by atoms with Gasteiger partial charge in [-0.1, -0.05) is 6.07 Å². The minimum atomic E-state index is -0.320. The van der Waals surface area contributed by atoms with Crippen LogP contribution in [0.15, 0.2) is 24.3 Å². The highest BCUT2D eigenvalue weighted by Gasteiger charge is 2.28. The molecule has 1 amide bonds. The largest absolute Gasteiger partial charge is 0.492 e. The van der Waals surface area contributed by atoms with Crippen LogP contribution in [0.5, 0.6) is 5.75 Å². The van der Waals surface area contributed by atoms with Crippen LogP contribution in [0.25, 0.3) is 0 Å². The Morgan fingerprint density at radius 1 is 1.50 bits per heavy atom. The first kappa shape index (κ1) is 10.9. The van der Waals surface area contributed by atoms with Gasteiger partial charge in [0.2, 0.25) is 5.91 Å². The van der Waals surface area contributed by atoms with E-state index < -0.39 is 0 Å². The van der Waals surface area contributed by atoms with Crippen LogP contribution in [-0.2, 0) is 4.79 Å². The number of carbonyl (C=O) groups is 1. The summed E-state index contributed by atoms with van der Waals surface area (Å²) in [4.78, 5) is 11.2. The Kier molecular flexibility index (Phi) is 3.39. The number of amides is 1.